The lowest BCUT2D eigenvalue weighted by atomic mass is 10.1. The molecule has 0 fully saturated rings. The van der Waals surface area contributed by atoms with Gasteiger partial charge in [0.1, 0.15) is 0 Å². The van der Waals surface area contributed by atoms with E-state index in [1.54, 1.807) is 7.05 Å². The second-order valence-corrected chi connectivity index (χ2v) is 4.21. The van der Waals surface area contributed by atoms with Gasteiger partial charge < -0.3 is 5.32 Å². The highest BCUT2D eigenvalue weighted by molar-refractivity contribution is 6.30. The summed E-state index contributed by atoms with van der Waals surface area (Å²) in [7, 11) is 1.63. The van der Waals surface area contributed by atoms with E-state index in [2.05, 4.69) is 10.6 Å². The number of benzene rings is 1. The Morgan fingerprint density at radius 3 is 2.31 bits per heavy atom. The number of amides is 1. The van der Waals surface area contributed by atoms with Crippen LogP contribution >= 0.6 is 11.6 Å². The third kappa shape index (κ3) is 3.51. The lowest BCUT2D eigenvalue weighted by Crippen LogP contribution is -2.41. The normalized spacial score (nSPS) is 14.2. The van der Waals surface area contributed by atoms with Crippen LogP contribution in [0.1, 0.15) is 25.5 Å². The quantitative estimate of drug-likeness (QED) is 0.847. The fourth-order valence-corrected chi connectivity index (χ4v) is 1.64. The molecule has 0 radical (unpaired) electrons. The Morgan fingerprint density at radius 1 is 1.25 bits per heavy atom. The molecule has 0 saturated heterocycles. The summed E-state index contributed by atoms with van der Waals surface area (Å²) >= 11 is 5.81. The van der Waals surface area contributed by atoms with E-state index in [1.807, 2.05) is 38.1 Å². The Kier molecular flexibility index (Phi) is 4.77. The summed E-state index contributed by atoms with van der Waals surface area (Å²) in [4.78, 5) is 11.3. The first-order valence-electron chi connectivity index (χ1n) is 5.27. The molecule has 0 aliphatic rings. The van der Waals surface area contributed by atoms with Crippen LogP contribution in [0, 0.1) is 0 Å². The first-order valence-corrected chi connectivity index (χ1v) is 5.65. The molecule has 2 atom stereocenters. The van der Waals surface area contributed by atoms with E-state index in [0.29, 0.717) is 0 Å². The molecule has 0 heterocycles. The smallest absolute Gasteiger partial charge is 0.236 e. The number of halogens is 1. The zero-order valence-electron chi connectivity index (χ0n) is 9.75. The molecule has 0 aliphatic carbocycles. The van der Waals surface area contributed by atoms with Crippen molar-refractivity contribution < 1.29 is 4.79 Å². The molecule has 0 aromatic heterocycles. The zero-order valence-corrected chi connectivity index (χ0v) is 10.5. The molecule has 0 spiro atoms. The number of rotatable bonds is 4. The Balaban J connectivity index is 2.61. The van der Waals surface area contributed by atoms with E-state index in [9.17, 15) is 4.79 Å². The van der Waals surface area contributed by atoms with Crippen LogP contribution < -0.4 is 10.6 Å². The molecular formula is C12H17ClN2O. The second kappa shape index (κ2) is 5.87. The van der Waals surface area contributed by atoms with E-state index in [1.165, 1.54) is 0 Å². The van der Waals surface area contributed by atoms with Gasteiger partial charge in [-0.05, 0) is 31.5 Å². The van der Waals surface area contributed by atoms with Crippen molar-refractivity contribution in [1.29, 1.82) is 0 Å². The van der Waals surface area contributed by atoms with Gasteiger partial charge in [-0.1, -0.05) is 23.7 Å². The van der Waals surface area contributed by atoms with Gasteiger partial charge in [0.25, 0.3) is 0 Å². The van der Waals surface area contributed by atoms with Gasteiger partial charge >= 0.3 is 0 Å². The summed E-state index contributed by atoms with van der Waals surface area (Å²) in [5, 5.41) is 6.54. The van der Waals surface area contributed by atoms with E-state index < -0.39 is 0 Å². The molecule has 16 heavy (non-hydrogen) atoms. The maximum atomic E-state index is 11.3. The molecule has 1 rings (SSSR count). The van der Waals surface area contributed by atoms with Crippen LogP contribution in [0.4, 0.5) is 0 Å². The number of carbonyl (C=O) groups is 1. The molecule has 4 heteroatoms. The third-order valence-electron chi connectivity index (χ3n) is 2.51. The average Bonchev–Trinajstić information content (AvgIpc) is 2.28. The minimum atomic E-state index is -0.212. The van der Waals surface area contributed by atoms with Gasteiger partial charge in [-0.25, -0.2) is 0 Å². The largest absolute Gasteiger partial charge is 0.358 e. The molecule has 1 unspecified atom stereocenters. The summed E-state index contributed by atoms with van der Waals surface area (Å²) in [6.07, 6.45) is 0. The summed E-state index contributed by atoms with van der Waals surface area (Å²) in [6, 6.07) is 7.51. The van der Waals surface area contributed by atoms with Gasteiger partial charge in [-0.15, -0.1) is 0 Å². The molecule has 0 aliphatic heterocycles. The number of nitrogens with one attached hydrogen (secondary N) is 2. The fourth-order valence-electron chi connectivity index (χ4n) is 1.51. The highest BCUT2D eigenvalue weighted by Gasteiger charge is 2.14. The van der Waals surface area contributed by atoms with Crippen molar-refractivity contribution in [2.75, 3.05) is 7.05 Å². The lowest BCUT2D eigenvalue weighted by molar-refractivity contribution is -0.122. The maximum Gasteiger partial charge on any atom is 0.236 e. The van der Waals surface area contributed by atoms with E-state index in [0.717, 1.165) is 10.6 Å². The van der Waals surface area contributed by atoms with Crippen molar-refractivity contribution in [2.45, 2.75) is 25.9 Å². The molecule has 2 N–H and O–H groups in total. The topological polar surface area (TPSA) is 41.1 Å². The van der Waals surface area contributed by atoms with Crippen LogP contribution in [0.3, 0.4) is 0 Å². The average molecular weight is 241 g/mol. The van der Waals surface area contributed by atoms with E-state index >= 15 is 0 Å². The van der Waals surface area contributed by atoms with Crippen molar-refractivity contribution in [3.8, 4) is 0 Å². The van der Waals surface area contributed by atoms with Crippen molar-refractivity contribution in [3.63, 3.8) is 0 Å². The number of hydrogen-bond acceptors (Lipinski definition) is 2. The molecule has 0 saturated carbocycles. The molecule has 1 amide bonds. The number of hydrogen-bond donors (Lipinski definition) is 2. The van der Waals surface area contributed by atoms with Gasteiger partial charge in [0.05, 0.1) is 6.04 Å². The molecule has 88 valence electrons. The first-order chi connectivity index (χ1) is 7.54. The van der Waals surface area contributed by atoms with E-state index in [4.69, 9.17) is 11.6 Å². The van der Waals surface area contributed by atoms with Crippen LogP contribution in [0.5, 0.6) is 0 Å². The van der Waals surface area contributed by atoms with Gasteiger partial charge in [0.15, 0.2) is 0 Å². The maximum absolute atomic E-state index is 11.3. The molecule has 1 aromatic rings. The van der Waals surface area contributed by atoms with Crippen molar-refractivity contribution in [2.24, 2.45) is 0 Å². The zero-order chi connectivity index (χ0) is 12.1. The van der Waals surface area contributed by atoms with Crippen LogP contribution in [0.15, 0.2) is 24.3 Å². The SMILES string of the molecule is CNC(=O)[C@@H](C)NC(C)c1ccc(Cl)cc1. The fraction of sp³-hybridized carbons (Fsp3) is 0.417. The van der Waals surface area contributed by atoms with Crippen molar-refractivity contribution >= 4 is 17.5 Å². The standard InChI is InChI=1S/C12H17ClN2O/c1-8(15-9(2)12(16)14-3)10-4-6-11(13)7-5-10/h4-9,15H,1-3H3,(H,14,16)/t8?,9-/m1/s1. The monoisotopic (exact) mass is 240 g/mol. The molecular weight excluding hydrogens is 224 g/mol. The van der Waals surface area contributed by atoms with Crippen molar-refractivity contribution in [3.05, 3.63) is 34.9 Å². The molecule has 0 bridgehead atoms. The van der Waals surface area contributed by atoms with Gasteiger partial charge in [-0.3, -0.25) is 10.1 Å². The lowest BCUT2D eigenvalue weighted by Gasteiger charge is -2.19. The molecule has 3 nitrogen and oxygen atoms in total. The minimum Gasteiger partial charge on any atom is -0.358 e. The Bertz CT molecular complexity index is 351. The predicted molar refractivity (Wildman–Crippen MR) is 66.5 cm³/mol. The Labute approximate surface area is 101 Å². The van der Waals surface area contributed by atoms with Gasteiger partial charge in [-0.2, -0.15) is 0 Å². The summed E-state index contributed by atoms with van der Waals surface area (Å²) in [5.74, 6) is -0.0131. The van der Waals surface area contributed by atoms with Crippen LogP contribution in [0.2, 0.25) is 5.02 Å². The number of carbonyl (C=O) groups excluding carboxylic acids is 1. The van der Waals surface area contributed by atoms with Crippen LogP contribution in [-0.2, 0) is 4.79 Å². The summed E-state index contributed by atoms with van der Waals surface area (Å²) in [6.45, 7) is 3.86. The minimum absolute atomic E-state index is 0.0131. The Morgan fingerprint density at radius 2 is 1.81 bits per heavy atom. The predicted octanol–water partition coefficient (Wildman–Crippen LogP) is 2.13. The van der Waals surface area contributed by atoms with Crippen LogP contribution in [0.25, 0.3) is 0 Å². The van der Waals surface area contributed by atoms with Gasteiger partial charge in [0, 0.05) is 18.1 Å². The van der Waals surface area contributed by atoms with E-state index in [-0.39, 0.29) is 18.0 Å². The third-order valence-corrected chi connectivity index (χ3v) is 2.76. The first kappa shape index (κ1) is 13.0. The highest BCUT2D eigenvalue weighted by Crippen LogP contribution is 2.16. The highest BCUT2D eigenvalue weighted by atomic mass is 35.5. The summed E-state index contributed by atoms with van der Waals surface area (Å²) < 4.78 is 0. The molecule has 1 aromatic carbocycles. The Hall–Kier alpha value is -1.06. The van der Waals surface area contributed by atoms with Gasteiger partial charge in [0.2, 0.25) is 5.91 Å². The van der Waals surface area contributed by atoms with Crippen molar-refractivity contribution in [1.82, 2.24) is 10.6 Å². The summed E-state index contributed by atoms with van der Waals surface area (Å²) in [5.41, 5.74) is 1.11. The van der Waals surface area contributed by atoms with Crippen LogP contribution in [-0.4, -0.2) is 19.0 Å². The number of likely N-dealkylation sites (N-methyl/N-ethyl adjacent to an activating group) is 1. The second-order valence-electron chi connectivity index (χ2n) is 3.78.